The van der Waals surface area contributed by atoms with Gasteiger partial charge in [-0.2, -0.15) is 0 Å². The van der Waals surface area contributed by atoms with Gasteiger partial charge in [-0.25, -0.2) is 8.78 Å². The Morgan fingerprint density at radius 2 is 1.94 bits per heavy atom. The lowest BCUT2D eigenvalue weighted by molar-refractivity contribution is -0.117. The van der Waals surface area contributed by atoms with Crippen molar-refractivity contribution in [1.82, 2.24) is 0 Å². The molecule has 0 saturated heterocycles. The van der Waals surface area contributed by atoms with E-state index >= 15 is 0 Å². The zero-order valence-corrected chi connectivity index (χ0v) is 10.8. The SMILES string of the molecule is O=C(Cc1ccc(Cl)s1)Cc1cccc(F)c1F. The molecule has 18 heavy (non-hydrogen) atoms. The van der Waals surface area contributed by atoms with Crippen LogP contribution in [0.15, 0.2) is 30.3 Å². The molecule has 0 amide bonds. The molecule has 1 aromatic carbocycles. The van der Waals surface area contributed by atoms with Gasteiger partial charge in [0.1, 0.15) is 5.78 Å². The van der Waals surface area contributed by atoms with Gasteiger partial charge < -0.3 is 0 Å². The van der Waals surface area contributed by atoms with Crippen molar-refractivity contribution in [1.29, 1.82) is 0 Å². The number of benzene rings is 1. The molecule has 1 nitrogen and oxygen atoms in total. The van der Waals surface area contributed by atoms with Gasteiger partial charge in [-0.3, -0.25) is 4.79 Å². The molecule has 94 valence electrons. The number of ketones is 1. The van der Waals surface area contributed by atoms with Crippen LogP contribution in [0.5, 0.6) is 0 Å². The summed E-state index contributed by atoms with van der Waals surface area (Å²) in [7, 11) is 0. The number of carbonyl (C=O) groups is 1. The minimum Gasteiger partial charge on any atom is -0.299 e. The van der Waals surface area contributed by atoms with Crippen molar-refractivity contribution in [3.05, 3.63) is 56.7 Å². The number of hydrogen-bond acceptors (Lipinski definition) is 2. The van der Waals surface area contributed by atoms with E-state index in [2.05, 4.69) is 0 Å². The quantitative estimate of drug-likeness (QED) is 0.829. The fourth-order valence-electron chi connectivity index (χ4n) is 1.60. The number of hydrogen-bond donors (Lipinski definition) is 0. The highest BCUT2D eigenvalue weighted by Gasteiger charge is 2.12. The van der Waals surface area contributed by atoms with E-state index in [0.717, 1.165) is 10.9 Å². The molecule has 0 bridgehead atoms. The third-order valence-electron chi connectivity index (χ3n) is 2.42. The van der Waals surface area contributed by atoms with Crippen molar-refractivity contribution in [2.24, 2.45) is 0 Å². The maximum atomic E-state index is 13.4. The van der Waals surface area contributed by atoms with Crippen LogP contribution in [0.3, 0.4) is 0 Å². The third-order valence-corrected chi connectivity index (χ3v) is 3.65. The summed E-state index contributed by atoms with van der Waals surface area (Å²) in [6.07, 6.45) is 0.0758. The summed E-state index contributed by atoms with van der Waals surface area (Å²) in [6, 6.07) is 7.30. The van der Waals surface area contributed by atoms with Gasteiger partial charge in [0.25, 0.3) is 0 Å². The van der Waals surface area contributed by atoms with Gasteiger partial charge in [-0.05, 0) is 23.8 Å². The van der Waals surface area contributed by atoms with Crippen molar-refractivity contribution >= 4 is 28.7 Å². The predicted molar refractivity (Wildman–Crippen MR) is 68.1 cm³/mol. The van der Waals surface area contributed by atoms with Crippen LogP contribution in [0.25, 0.3) is 0 Å². The van der Waals surface area contributed by atoms with Gasteiger partial charge in [0.05, 0.1) is 4.34 Å². The van der Waals surface area contributed by atoms with Crippen LogP contribution >= 0.6 is 22.9 Å². The Labute approximate surface area is 112 Å². The van der Waals surface area contributed by atoms with E-state index in [9.17, 15) is 13.6 Å². The van der Waals surface area contributed by atoms with Crippen LogP contribution < -0.4 is 0 Å². The second kappa shape index (κ2) is 5.59. The summed E-state index contributed by atoms with van der Waals surface area (Å²) >= 11 is 7.06. The van der Waals surface area contributed by atoms with Gasteiger partial charge in [0.15, 0.2) is 11.6 Å². The van der Waals surface area contributed by atoms with Crippen molar-refractivity contribution in [2.45, 2.75) is 12.8 Å². The molecule has 5 heteroatoms. The Morgan fingerprint density at radius 1 is 1.17 bits per heavy atom. The zero-order valence-electron chi connectivity index (χ0n) is 9.25. The number of halogens is 3. The van der Waals surface area contributed by atoms with Crippen molar-refractivity contribution in [3.63, 3.8) is 0 Å². The normalized spacial score (nSPS) is 10.6. The molecule has 0 saturated carbocycles. The standard InChI is InChI=1S/C13H9ClF2OS/c14-12-5-4-10(18-12)7-9(17)6-8-2-1-3-11(15)13(8)16/h1-5H,6-7H2. The van der Waals surface area contributed by atoms with E-state index in [1.54, 1.807) is 12.1 Å². The van der Waals surface area contributed by atoms with Gasteiger partial charge in [-0.15, -0.1) is 11.3 Å². The summed E-state index contributed by atoms with van der Waals surface area (Å²) in [6.45, 7) is 0. The molecule has 2 rings (SSSR count). The van der Waals surface area contributed by atoms with E-state index in [-0.39, 0.29) is 24.2 Å². The molecular formula is C13H9ClF2OS. The largest absolute Gasteiger partial charge is 0.299 e. The molecule has 0 aliphatic carbocycles. The van der Waals surface area contributed by atoms with Crippen LogP contribution in [-0.4, -0.2) is 5.78 Å². The van der Waals surface area contributed by atoms with E-state index in [4.69, 9.17) is 11.6 Å². The number of Topliss-reactive ketones (excluding diaryl/α,β-unsaturated/α-hetero) is 1. The van der Waals surface area contributed by atoms with Crippen molar-refractivity contribution < 1.29 is 13.6 Å². The molecule has 0 aliphatic heterocycles. The van der Waals surface area contributed by atoms with Crippen LogP contribution in [0, 0.1) is 11.6 Å². The van der Waals surface area contributed by atoms with E-state index in [1.807, 2.05) is 0 Å². The first-order valence-electron chi connectivity index (χ1n) is 5.25. The summed E-state index contributed by atoms with van der Waals surface area (Å²) in [5.74, 6) is -2.05. The van der Waals surface area contributed by atoms with E-state index in [1.165, 1.54) is 23.5 Å². The molecule has 1 heterocycles. The Balaban J connectivity index is 2.05. The average Bonchev–Trinajstić information content (AvgIpc) is 2.70. The van der Waals surface area contributed by atoms with Gasteiger partial charge >= 0.3 is 0 Å². The van der Waals surface area contributed by atoms with Crippen LogP contribution in [0.2, 0.25) is 4.34 Å². The molecule has 0 N–H and O–H groups in total. The third kappa shape index (κ3) is 3.15. The molecular weight excluding hydrogens is 278 g/mol. The lowest BCUT2D eigenvalue weighted by atomic mass is 10.1. The summed E-state index contributed by atoms with van der Waals surface area (Å²) in [5, 5.41) is 0. The van der Waals surface area contributed by atoms with Crippen LogP contribution in [0.4, 0.5) is 8.78 Å². The first-order valence-corrected chi connectivity index (χ1v) is 6.44. The molecule has 1 aromatic heterocycles. The first-order chi connectivity index (χ1) is 8.56. The van der Waals surface area contributed by atoms with Gasteiger partial charge in [0, 0.05) is 17.7 Å². The highest BCUT2D eigenvalue weighted by Crippen LogP contribution is 2.22. The van der Waals surface area contributed by atoms with Gasteiger partial charge in [0.2, 0.25) is 0 Å². The molecule has 0 aliphatic rings. The second-order valence-electron chi connectivity index (χ2n) is 3.81. The maximum Gasteiger partial charge on any atom is 0.162 e. The predicted octanol–water partition coefficient (Wildman–Crippen LogP) is 4.03. The smallest absolute Gasteiger partial charge is 0.162 e. The fourth-order valence-corrected chi connectivity index (χ4v) is 2.72. The lowest BCUT2D eigenvalue weighted by Gasteiger charge is -2.02. The Hall–Kier alpha value is -1.26. The molecule has 0 spiro atoms. The topological polar surface area (TPSA) is 17.1 Å². The van der Waals surface area contributed by atoms with Crippen LogP contribution in [0.1, 0.15) is 10.4 Å². The van der Waals surface area contributed by atoms with Crippen LogP contribution in [-0.2, 0) is 17.6 Å². The fraction of sp³-hybridized carbons (Fsp3) is 0.154. The highest BCUT2D eigenvalue weighted by molar-refractivity contribution is 7.16. The Bertz CT molecular complexity index is 580. The van der Waals surface area contributed by atoms with E-state index < -0.39 is 11.6 Å². The minimum atomic E-state index is -0.949. The van der Waals surface area contributed by atoms with E-state index in [0.29, 0.717) is 4.34 Å². The molecule has 0 radical (unpaired) electrons. The first kappa shape index (κ1) is 13.2. The number of carbonyl (C=O) groups excluding carboxylic acids is 1. The zero-order chi connectivity index (χ0) is 13.1. The number of rotatable bonds is 4. The maximum absolute atomic E-state index is 13.4. The van der Waals surface area contributed by atoms with Crippen molar-refractivity contribution in [3.8, 4) is 0 Å². The minimum absolute atomic E-state index is 0.0858. The number of thiophene rings is 1. The summed E-state index contributed by atoms with van der Waals surface area (Å²) < 4.78 is 26.9. The Morgan fingerprint density at radius 3 is 2.61 bits per heavy atom. The molecule has 2 aromatic rings. The Kier molecular flexibility index (Phi) is 4.09. The molecule has 0 atom stereocenters. The summed E-state index contributed by atoms with van der Waals surface area (Å²) in [5.41, 5.74) is 0.0858. The second-order valence-corrected chi connectivity index (χ2v) is 5.61. The lowest BCUT2D eigenvalue weighted by Crippen LogP contribution is -2.07. The monoisotopic (exact) mass is 286 g/mol. The van der Waals surface area contributed by atoms with Gasteiger partial charge in [-0.1, -0.05) is 23.7 Å². The van der Waals surface area contributed by atoms with Crippen molar-refractivity contribution in [2.75, 3.05) is 0 Å². The highest BCUT2D eigenvalue weighted by atomic mass is 35.5. The average molecular weight is 287 g/mol. The summed E-state index contributed by atoms with van der Waals surface area (Å²) in [4.78, 5) is 12.6. The molecule has 0 fully saturated rings. The molecule has 0 unspecified atom stereocenters.